The number of sulfonamides is 1. The molecule has 4 aromatic rings. The minimum atomic E-state index is -3.53. The Balaban J connectivity index is 1.46. The lowest BCUT2D eigenvalue weighted by Gasteiger charge is -2.11. The smallest absolute Gasteiger partial charge is 0.322 e. The molecule has 0 aliphatic heterocycles. The van der Waals surface area contributed by atoms with Gasteiger partial charge in [-0.2, -0.15) is 0 Å². The summed E-state index contributed by atoms with van der Waals surface area (Å²) >= 11 is 0. The molecule has 32 heavy (non-hydrogen) atoms. The van der Waals surface area contributed by atoms with Gasteiger partial charge in [-0.3, -0.25) is 10.1 Å². The summed E-state index contributed by atoms with van der Waals surface area (Å²) in [6.45, 7) is 0. The average Bonchev–Trinajstić information content (AvgIpc) is 3.28. The van der Waals surface area contributed by atoms with Crippen LogP contribution in [0.3, 0.4) is 0 Å². The Morgan fingerprint density at radius 3 is 2.03 bits per heavy atom. The highest BCUT2D eigenvalue weighted by atomic mass is 32.2. The third kappa shape index (κ3) is 4.43. The lowest BCUT2D eigenvalue weighted by atomic mass is 10.0. The van der Waals surface area contributed by atoms with Crippen molar-refractivity contribution in [2.45, 2.75) is 4.90 Å². The first-order valence-corrected chi connectivity index (χ1v) is 11.1. The van der Waals surface area contributed by atoms with Gasteiger partial charge in [0.05, 0.1) is 4.90 Å². The van der Waals surface area contributed by atoms with Crippen LogP contribution in [0.25, 0.3) is 22.6 Å². The fourth-order valence-corrected chi connectivity index (χ4v) is 3.89. The van der Waals surface area contributed by atoms with Gasteiger partial charge in [0.2, 0.25) is 15.9 Å². The number of carbonyl (C=O) groups is 1. The maximum atomic E-state index is 12.5. The zero-order valence-corrected chi connectivity index (χ0v) is 18.2. The summed E-state index contributed by atoms with van der Waals surface area (Å²) in [6, 6.07) is 23.0. The number of anilines is 1. The molecule has 0 radical (unpaired) electrons. The Hall–Kier alpha value is -3.82. The lowest BCUT2D eigenvalue weighted by molar-refractivity contribution is 0.102. The largest absolute Gasteiger partial charge is 0.403 e. The summed E-state index contributed by atoms with van der Waals surface area (Å²) in [6.07, 6.45) is 0. The molecule has 162 valence electrons. The van der Waals surface area contributed by atoms with Gasteiger partial charge in [-0.05, 0) is 47.5 Å². The third-order valence-electron chi connectivity index (χ3n) is 4.78. The van der Waals surface area contributed by atoms with E-state index in [1.807, 2.05) is 42.5 Å². The van der Waals surface area contributed by atoms with Crippen LogP contribution in [0.2, 0.25) is 0 Å². The maximum Gasteiger partial charge on any atom is 0.322 e. The minimum Gasteiger partial charge on any atom is -0.403 e. The van der Waals surface area contributed by atoms with Gasteiger partial charge >= 0.3 is 6.01 Å². The molecule has 0 bridgehead atoms. The Morgan fingerprint density at radius 2 is 1.41 bits per heavy atom. The van der Waals surface area contributed by atoms with Crippen LogP contribution >= 0.6 is 0 Å². The van der Waals surface area contributed by atoms with Gasteiger partial charge in [0.25, 0.3) is 5.91 Å². The first-order chi connectivity index (χ1) is 15.3. The summed E-state index contributed by atoms with van der Waals surface area (Å²) in [5.41, 5.74) is 3.04. The monoisotopic (exact) mass is 448 g/mol. The van der Waals surface area contributed by atoms with E-state index < -0.39 is 10.0 Å². The van der Waals surface area contributed by atoms with Crippen molar-refractivity contribution < 1.29 is 17.6 Å². The molecule has 9 heteroatoms. The Morgan fingerprint density at radius 1 is 0.812 bits per heavy atom. The number of hydrogen-bond donors (Lipinski definition) is 1. The fourth-order valence-electron chi connectivity index (χ4n) is 2.98. The number of rotatable bonds is 6. The third-order valence-corrected chi connectivity index (χ3v) is 6.61. The first-order valence-electron chi connectivity index (χ1n) is 9.68. The highest BCUT2D eigenvalue weighted by molar-refractivity contribution is 7.89. The molecule has 1 amide bonds. The Bertz CT molecular complexity index is 1330. The molecule has 1 N–H and O–H groups in total. The van der Waals surface area contributed by atoms with Crippen LogP contribution in [0, 0.1) is 0 Å². The summed E-state index contributed by atoms with van der Waals surface area (Å²) in [4.78, 5) is 12.7. The van der Waals surface area contributed by atoms with E-state index in [0.29, 0.717) is 11.1 Å². The molecule has 3 aromatic carbocycles. The Kier molecular flexibility index (Phi) is 5.85. The zero-order chi connectivity index (χ0) is 22.7. The summed E-state index contributed by atoms with van der Waals surface area (Å²) < 4.78 is 31.0. The van der Waals surface area contributed by atoms with E-state index >= 15 is 0 Å². The van der Waals surface area contributed by atoms with Gasteiger partial charge in [0.1, 0.15) is 0 Å². The number of nitrogens with zero attached hydrogens (tertiary/aromatic N) is 3. The van der Waals surface area contributed by atoms with E-state index in [4.69, 9.17) is 4.42 Å². The van der Waals surface area contributed by atoms with Crippen LogP contribution < -0.4 is 5.32 Å². The van der Waals surface area contributed by atoms with Crippen LogP contribution in [-0.2, 0) is 10.0 Å². The van der Waals surface area contributed by atoms with Crippen LogP contribution in [0.4, 0.5) is 6.01 Å². The molecule has 1 aromatic heterocycles. The van der Waals surface area contributed by atoms with Crippen molar-refractivity contribution in [3.63, 3.8) is 0 Å². The van der Waals surface area contributed by atoms with E-state index in [-0.39, 0.29) is 22.7 Å². The van der Waals surface area contributed by atoms with Crippen molar-refractivity contribution in [3.8, 4) is 22.6 Å². The molecule has 0 aliphatic carbocycles. The maximum absolute atomic E-state index is 12.5. The Labute approximate surface area is 185 Å². The van der Waals surface area contributed by atoms with Gasteiger partial charge < -0.3 is 4.42 Å². The van der Waals surface area contributed by atoms with Crippen LogP contribution in [-0.4, -0.2) is 42.9 Å². The van der Waals surface area contributed by atoms with Crippen LogP contribution in [0.5, 0.6) is 0 Å². The molecule has 8 nitrogen and oxygen atoms in total. The molecule has 0 aliphatic rings. The lowest BCUT2D eigenvalue weighted by Crippen LogP contribution is -2.22. The fraction of sp³-hybridized carbons (Fsp3) is 0.0870. The van der Waals surface area contributed by atoms with E-state index in [9.17, 15) is 13.2 Å². The van der Waals surface area contributed by atoms with Crippen LogP contribution in [0.15, 0.2) is 88.2 Å². The SMILES string of the molecule is CN(C)S(=O)(=O)c1ccc(-c2nnc(NC(=O)c3ccc(-c4ccccc4)cc3)o2)cc1. The average molecular weight is 449 g/mol. The van der Waals surface area contributed by atoms with Crippen molar-refractivity contribution >= 4 is 21.9 Å². The van der Waals surface area contributed by atoms with E-state index in [1.54, 1.807) is 24.3 Å². The molecule has 0 saturated heterocycles. The molecule has 0 unspecified atom stereocenters. The zero-order valence-electron chi connectivity index (χ0n) is 17.4. The minimum absolute atomic E-state index is 0.0536. The van der Waals surface area contributed by atoms with Crippen LogP contribution in [0.1, 0.15) is 10.4 Å². The second-order valence-corrected chi connectivity index (χ2v) is 9.27. The second-order valence-electron chi connectivity index (χ2n) is 7.12. The van der Waals surface area contributed by atoms with Crippen molar-refractivity contribution in [2.75, 3.05) is 19.4 Å². The molecular weight excluding hydrogens is 428 g/mol. The highest BCUT2D eigenvalue weighted by Crippen LogP contribution is 2.23. The first kappa shape index (κ1) is 21.4. The van der Waals surface area contributed by atoms with Gasteiger partial charge in [0, 0.05) is 25.2 Å². The van der Waals surface area contributed by atoms with Gasteiger partial charge in [-0.15, -0.1) is 5.10 Å². The van der Waals surface area contributed by atoms with Crippen molar-refractivity contribution in [2.24, 2.45) is 0 Å². The van der Waals surface area contributed by atoms with E-state index in [1.165, 1.54) is 26.2 Å². The topological polar surface area (TPSA) is 105 Å². The van der Waals surface area contributed by atoms with Crippen molar-refractivity contribution in [3.05, 3.63) is 84.4 Å². The van der Waals surface area contributed by atoms with Gasteiger partial charge in [-0.25, -0.2) is 12.7 Å². The molecule has 0 atom stereocenters. The van der Waals surface area contributed by atoms with Gasteiger partial charge in [0.15, 0.2) is 0 Å². The standard InChI is InChI=1S/C23H20N4O4S/c1-27(2)32(29,30)20-14-12-19(13-15-20)22-25-26-23(31-22)24-21(28)18-10-8-17(9-11-18)16-6-4-3-5-7-16/h3-15H,1-2H3,(H,24,26,28). The molecule has 0 fully saturated rings. The number of aromatic nitrogens is 2. The van der Waals surface area contributed by atoms with Crippen molar-refractivity contribution in [1.29, 1.82) is 0 Å². The molecular formula is C23H20N4O4S. The predicted molar refractivity (Wildman–Crippen MR) is 120 cm³/mol. The summed E-state index contributed by atoms with van der Waals surface area (Å²) in [5, 5.41) is 10.3. The van der Waals surface area contributed by atoms with Gasteiger partial charge in [-0.1, -0.05) is 47.6 Å². The molecule has 0 spiro atoms. The number of benzene rings is 3. The predicted octanol–water partition coefficient (Wildman–Crippen LogP) is 3.91. The molecule has 4 rings (SSSR count). The second kappa shape index (κ2) is 8.74. The van der Waals surface area contributed by atoms with E-state index in [0.717, 1.165) is 15.4 Å². The van der Waals surface area contributed by atoms with E-state index in [2.05, 4.69) is 15.5 Å². The number of nitrogens with one attached hydrogen (secondary N) is 1. The molecule has 0 saturated carbocycles. The number of carbonyl (C=O) groups excluding carboxylic acids is 1. The normalized spacial score (nSPS) is 11.5. The summed E-state index contributed by atoms with van der Waals surface area (Å²) in [7, 11) is -0.601. The summed E-state index contributed by atoms with van der Waals surface area (Å²) in [5.74, 6) is -0.222. The number of hydrogen-bond acceptors (Lipinski definition) is 6. The number of amides is 1. The van der Waals surface area contributed by atoms with Crippen molar-refractivity contribution in [1.82, 2.24) is 14.5 Å². The molecule has 1 heterocycles. The quantitative estimate of drug-likeness (QED) is 0.480. The highest BCUT2D eigenvalue weighted by Gasteiger charge is 2.18.